The average molecular weight is 356 g/mol. The van der Waals surface area contributed by atoms with Crippen LogP contribution >= 0.6 is 0 Å². The summed E-state index contributed by atoms with van der Waals surface area (Å²) in [5.41, 5.74) is 1.61. The molecule has 2 aliphatic rings. The van der Waals surface area contributed by atoms with Crippen molar-refractivity contribution in [3.63, 3.8) is 0 Å². The first-order chi connectivity index (χ1) is 12.7. The molecule has 0 bridgehead atoms. The Morgan fingerprint density at radius 1 is 1.27 bits per heavy atom. The smallest absolute Gasteiger partial charge is 0.274 e. The molecule has 0 spiro atoms. The Labute approximate surface area is 152 Å². The Morgan fingerprint density at radius 2 is 2.04 bits per heavy atom. The number of ether oxygens (including phenoxy) is 2. The molecular weight excluding hydrogens is 332 g/mol. The standard InChI is InChI=1S/C19H24N4O3/c1-25-13-14-4-8-22(9-5-14)19(24)18-11-15-10-17(12-23(15)21-18)26-16-2-6-20-7-3-16/h2-3,6-7,11,14,17H,4-5,8-10,12-13H2,1H3/t17-/m0/s1. The van der Waals surface area contributed by atoms with Gasteiger partial charge in [-0.2, -0.15) is 5.10 Å². The van der Waals surface area contributed by atoms with Crippen LogP contribution in [-0.2, 0) is 17.7 Å². The molecule has 0 unspecified atom stereocenters. The molecule has 4 heterocycles. The number of hydrogen-bond acceptors (Lipinski definition) is 5. The zero-order chi connectivity index (χ0) is 17.9. The first kappa shape index (κ1) is 17.0. The summed E-state index contributed by atoms with van der Waals surface area (Å²) in [4.78, 5) is 18.6. The third-order valence-electron chi connectivity index (χ3n) is 5.15. The fraction of sp³-hybridized carbons (Fsp3) is 0.526. The van der Waals surface area contributed by atoms with Crippen molar-refractivity contribution in [3.05, 3.63) is 42.0 Å². The predicted octanol–water partition coefficient (Wildman–Crippen LogP) is 1.78. The van der Waals surface area contributed by atoms with E-state index in [1.807, 2.05) is 27.8 Å². The van der Waals surface area contributed by atoms with E-state index in [1.54, 1.807) is 19.5 Å². The van der Waals surface area contributed by atoms with Crippen molar-refractivity contribution in [2.24, 2.45) is 5.92 Å². The van der Waals surface area contributed by atoms with Gasteiger partial charge in [-0.25, -0.2) is 0 Å². The van der Waals surface area contributed by atoms with Crippen molar-refractivity contribution < 1.29 is 14.3 Å². The van der Waals surface area contributed by atoms with E-state index in [1.165, 1.54) is 0 Å². The Kier molecular flexibility index (Phi) is 4.88. The number of methoxy groups -OCH3 is 1. The summed E-state index contributed by atoms with van der Waals surface area (Å²) in [5.74, 6) is 1.41. The van der Waals surface area contributed by atoms with E-state index in [-0.39, 0.29) is 12.0 Å². The van der Waals surface area contributed by atoms with Gasteiger partial charge in [0.25, 0.3) is 5.91 Å². The van der Waals surface area contributed by atoms with Gasteiger partial charge in [0.05, 0.1) is 6.54 Å². The third-order valence-corrected chi connectivity index (χ3v) is 5.15. The van der Waals surface area contributed by atoms with E-state index >= 15 is 0 Å². The molecule has 0 aliphatic carbocycles. The summed E-state index contributed by atoms with van der Waals surface area (Å²) in [7, 11) is 1.73. The minimum absolute atomic E-state index is 0.0365. The molecule has 4 rings (SSSR count). The van der Waals surface area contributed by atoms with E-state index in [2.05, 4.69) is 10.1 Å². The van der Waals surface area contributed by atoms with E-state index in [9.17, 15) is 4.79 Å². The average Bonchev–Trinajstić information content (AvgIpc) is 3.21. The van der Waals surface area contributed by atoms with Gasteiger partial charge in [-0.15, -0.1) is 0 Å². The van der Waals surface area contributed by atoms with Crippen LogP contribution in [0.5, 0.6) is 5.75 Å². The van der Waals surface area contributed by atoms with Crippen LogP contribution in [0.3, 0.4) is 0 Å². The second-order valence-corrected chi connectivity index (χ2v) is 7.02. The van der Waals surface area contributed by atoms with Crippen LogP contribution < -0.4 is 4.74 Å². The van der Waals surface area contributed by atoms with Crippen molar-refractivity contribution in [1.29, 1.82) is 0 Å². The topological polar surface area (TPSA) is 69.5 Å². The maximum absolute atomic E-state index is 12.7. The number of carbonyl (C=O) groups excluding carboxylic acids is 1. The molecule has 26 heavy (non-hydrogen) atoms. The van der Waals surface area contributed by atoms with Crippen LogP contribution in [0.1, 0.15) is 29.0 Å². The van der Waals surface area contributed by atoms with Gasteiger partial charge in [0, 0.05) is 51.3 Å². The van der Waals surface area contributed by atoms with Crippen molar-refractivity contribution in [1.82, 2.24) is 19.7 Å². The number of hydrogen-bond donors (Lipinski definition) is 0. The predicted molar refractivity (Wildman–Crippen MR) is 95.1 cm³/mol. The highest BCUT2D eigenvalue weighted by Gasteiger charge is 2.29. The lowest BCUT2D eigenvalue weighted by Gasteiger charge is -2.31. The second kappa shape index (κ2) is 7.45. The number of amides is 1. The number of nitrogens with zero attached hydrogens (tertiary/aromatic N) is 4. The van der Waals surface area contributed by atoms with E-state index in [4.69, 9.17) is 9.47 Å². The molecule has 7 heteroatoms. The van der Waals surface area contributed by atoms with Gasteiger partial charge >= 0.3 is 0 Å². The van der Waals surface area contributed by atoms with Gasteiger partial charge in [0.15, 0.2) is 5.69 Å². The van der Waals surface area contributed by atoms with Crippen molar-refractivity contribution in [3.8, 4) is 5.75 Å². The molecule has 1 atom stereocenters. The highest BCUT2D eigenvalue weighted by Crippen LogP contribution is 2.23. The lowest BCUT2D eigenvalue weighted by Crippen LogP contribution is -2.39. The van der Waals surface area contributed by atoms with Crippen LogP contribution in [0.4, 0.5) is 0 Å². The Morgan fingerprint density at radius 3 is 2.73 bits per heavy atom. The maximum atomic E-state index is 12.7. The van der Waals surface area contributed by atoms with Gasteiger partial charge in [-0.3, -0.25) is 14.5 Å². The summed E-state index contributed by atoms with van der Waals surface area (Å²) >= 11 is 0. The van der Waals surface area contributed by atoms with Crippen LogP contribution in [-0.4, -0.2) is 58.5 Å². The van der Waals surface area contributed by atoms with Crippen LogP contribution in [0, 0.1) is 5.92 Å². The lowest BCUT2D eigenvalue weighted by atomic mass is 9.97. The molecule has 0 aromatic carbocycles. The molecule has 0 radical (unpaired) electrons. The zero-order valence-corrected chi connectivity index (χ0v) is 15.0. The van der Waals surface area contributed by atoms with Crippen LogP contribution in [0.15, 0.2) is 30.6 Å². The van der Waals surface area contributed by atoms with Crippen molar-refractivity contribution in [2.45, 2.75) is 31.9 Å². The van der Waals surface area contributed by atoms with Crippen molar-refractivity contribution in [2.75, 3.05) is 26.8 Å². The highest BCUT2D eigenvalue weighted by atomic mass is 16.5. The third kappa shape index (κ3) is 3.58. The van der Waals surface area contributed by atoms with E-state index in [0.717, 1.165) is 50.4 Å². The Balaban J connectivity index is 1.34. The Bertz CT molecular complexity index is 730. The first-order valence-corrected chi connectivity index (χ1v) is 9.14. The molecule has 2 aromatic rings. The lowest BCUT2D eigenvalue weighted by molar-refractivity contribution is 0.0607. The highest BCUT2D eigenvalue weighted by molar-refractivity contribution is 5.92. The number of likely N-dealkylation sites (tertiary alicyclic amines) is 1. The normalized spacial score (nSPS) is 20.2. The summed E-state index contributed by atoms with van der Waals surface area (Å²) in [6.45, 7) is 3.01. The number of carbonyl (C=O) groups is 1. The molecule has 138 valence electrons. The van der Waals surface area contributed by atoms with Crippen molar-refractivity contribution >= 4 is 5.91 Å². The zero-order valence-electron chi connectivity index (χ0n) is 15.0. The monoisotopic (exact) mass is 356 g/mol. The minimum Gasteiger partial charge on any atom is -0.488 e. The molecular formula is C19H24N4O3. The van der Waals surface area contributed by atoms with Crippen LogP contribution in [0.2, 0.25) is 0 Å². The molecule has 2 aliphatic heterocycles. The SMILES string of the molecule is COCC1CCN(C(=O)c2cc3n(n2)C[C@@H](Oc2ccncc2)C3)CC1. The summed E-state index contributed by atoms with van der Waals surface area (Å²) in [5, 5.41) is 4.52. The fourth-order valence-corrected chi connectivity index (χ4v) is 3.76. The van der Waals surface area contributed by atoms with Gasteiger partial charge in [-0.05, 0) is 37.0 Å². The van der Waals surface area contributed by atoms with E-state index in [0.29, 0.717) is 18.2 Å². The Hall–Kier alpha value is -2.41. The number of piperidine rings is 1. The quantitative estimate of drug-likeness (QED) is 0.817. The largest absolute Gasteiger partial charge is 0.488 e. The van der Waals surface area contributed by atoms with Gasteiger partial charge < -0.3 is 14.4 Å². The second-order valence-electron chi connectivity index (χ2n) is 7.02. The summed E-state index contributed by atoms with van der Waals surface area (Å²) < 4.78 is 13.1. The maximum Gasteiger partial charge on any atom is 0.274 e. The fourth-order valence-electron chi connectivity index (χ4n) is 3.76. The number of fused-ring (bicyclic) bond motifs is 1. The van der Waals surface area contributed by atoms with E-state index < -0.39 is 0 Å². The van der Waals surface area contributed by atoms with Crippen LogP contribution in [0.25, 0.3) is 0 Å². The molecule has 2 aromatic heterocycles. The number of pyridine rings is 1. The van der Waals surface area contributed by atoms with Gasteiger partial charge in [0.1, 0.15) is 11.9 Å². The number of aromatic nitrogens is 3. The molecule has 7 nitrogen and oxygen atoms in total. The molecule has 1 fully saturated rings. The van der Waals surface area contributed by atoms with Gasteiger partial charge in [0.2, 0.25) is 0 Å². The summed E-state index contributed by atoms with van der Waals surface area (Å²) in [6.07, 6.45) is 6.24. The molecule has 0 N–H and O–H groups in total. The minimum atomic E-state index is 0.0365. The number of rotatable bonds is 5. The molecule has 1 amide bonds. The van der Waals surface area contributed by atoms with Gasteiger partial charge in [-0.1, -0.05) is 0 Å². The first-order valence-electron chi connectivity index (χ1n) is 9.14. The molecule has 0 saturated carbocycles. The summed E-state index contributed by atoms with van der Waals surface area (Å²) in [6, 6.07) is 5.62. The molecule has 1 saturated heterocycles.